The summed E-state index contributed by atoms with van der Waals surface area (Å²) in [5, 5.41) is 10.1. The molecule has 1 aromatic rings. The number of nitrogens with zero attached hydrogens (tertiary/aromatic N) is 2. The lowest BCUT2D eigenvalue weighted by molar-refractivity contribution is -0.105. The molecule has 1 aliphatic rings. The van der Waals surface area contributed by atoms with Crippen molar-refractivity contribution < 1.29 is 4.79 Å². The van der Waals surface area contributed by atoms with E-state index in [1.807, 2.05) is 10.9 Å². The van der Waals surface area contributed by atoms with E-state index in [4.69, 9.17) is 0 Å². The molecule has 1 amide bonds. The highest BCUT2D eigenvalue weighted by molar-refractivity contribution is 5.69. The molecule has 5 heteroatoms. The molecular weight excluding hydrogens is 180 g/mol. The van der Waals surface area contributed by atoms with E-state index in [0.717, 1.165) is 31.6 Å². The van der Waals surface area contributed by atoms with Crippen LogP contribution in [0.2, 0.25) is 0 Å². The molecule has 0 bridgehead atoms. The zero-order valence-corrected chi connectivity index (χ0v) is 7.94. The second kappa shape index (κ2) is 4.23. The van der Waals surface area contributed by atoms with Gasteiger partial charge in [-0.25, -0.2) is 0 Å². The molecule has 0 unspecified atom stereocenters. The van der Waals surface area contributed by atoms with Crippen LogP contribution in [0.15, 0.2) is 12.4 Å². The summed E-state index contributed by atoms with van der Waals surface area (Å²) in [6, 6.07) is 0.471. The summed E-state index contributed by atoms with van der Waals surface area (Å²) < 4.78 is 1.94. The van der Waals surface area contributed by atoms with E-state index in [9.17, 15) is 4.79 Å². The third-order valence-electron chi connectivity index (χ3n) is 2.51. The van der Waals surface area contributed by atoms with Crippen LogP contribution in [-0.2, 0) is 4.79 Å². The van der Waals surface area contributed by atoms with Crippen molar-refractivity contribution in [3.8, 4) is 0 Å². The monoisotopic (exact) mass is 194 g/mol. The molecule has 14 heavy (non-hydrogen) atoms. The minimum atomic E-state index is 0.471. The Morgan fingerprint density at radius 3 is 3.07 bits per heavy atom. The van der Waals surface area contributed by atoms with Gasteiger partial charge in [0.25, 0.3) is 0 Å². The molecule has 2 N–H and O–H groups in total. The predicted octanol–water partition coefficient (Wildman–Crippen LogP) is 0.376. The van der Waals surface area contributed by atoms with Crippen molar-refractivity contribution in [2.75, 3.05) is 18.4 Å². The Hall–Kier alpha value is -1.36. The standard InChI is InChI=1S/C9H14N4O/c14-7-11-8-5-12-13(6-8)9-1-3-10-4-2-9/h5-7,9-10H,1-4H2,(H,11,14). The van der Waals surface area contributed by atoms with Crippen LogP contribution in [0.5, 0.6) is 0 Å². The number of piperidine rings is 1. The van der Waals surface area contributed by atoms with E-state index in [1.54, 1.807) is 6.20 Å². The molecule has 1 aromatic heterocycles. The van der Waals surface area contributed by atoms with Crippen molar-refractivity contribution in [3.05, 3.63) is 12.4 Å². The Labute approximate surface area is 82.5 Å². The Morgan fingerprint density at radius 2 is 2.36 bits per heavy atom. The van der Waals surface area contributed by atoms with Crippen LogP contribution < -0.4 is 10.6 Å². The van der Waals surface area contributed by atoms with Crippen LogP contribution in [-0.4, -0.2) is 29.3 Å². The van der Waals surface area contributed by atoms with Crippen LogP contribution in [0.3, 0.4) is 0 Å². The molecule has 5 nitrogen and oxygen atoms in total. The van der Waals surface area contributed by atoms with Crippen LogP contribution in [0, 0.1) is 0 Å². The molecule has 1 aliphatic heterocycles. The second-order valence-electron chi connectivity index (χ2n) is 3.45. The summed E-state index contributed by atoms with van der Waals surface area (Å²) in [6.45, 7) is 2.09. The minimum absolute atomic E-state index is 0.471. The molecule has 0 spiro atoms. The number of amides is 1. The summed E-state index contributed by atoms with van der Waals surface area (Å²) in [5.41, 5.74) is 0.763. The fourth-order valence-corrected chi connectivity index (χ4v) is 1.75. The smallest absolute Gasteiger partial charge is 0.211 e. The van der Waals surface area contributed by atoms with E-state index in [0.29, 0.717) is 12.5 Å². The van der Waals surface area contributed by atoms with Gasteiger partial charge in [0.1, 0.15) is 0 Å². The number of hydrogen-bond donors (Lipinski definition) is 2. The second-order valence-corrected chi connectivity index (χ2v) is 3.45. The van der Waals surface area contributed by atoms with Gasteiger partial charge in [-0.1, -0.05) is 0 Å². The van der Waals surface area contributed by atoms with Gasteiger partial charge < -0.3 is 10.6 Å². The first-order chi connectivity index (χ1) is 6.90. The van der Waals surface area contributed by atoms with Crippen molar-refractivity contribution >= 4 is 12.1 Å². The number of carbonyl (C=O) groups excluding carboxylic acids is 1. The fraction of sp³-hybridized carbons (Fsp3) is 0.556. The van der Waals surface area contributed by atoms with Gasteiger partial charge in [0.05, 0.1) is 17.9 Å². The van der Waals surface area contributed by atoms with E-state index < -0.39 is 0 Å². The van der Waals surface area contributed by atoms with E-state index >= 15 is 0 Å². The maximum absolute atomic E-state index is 10.2. The molecule has 2 rings (SSSR count). The van der Waals surface area contributed by atoms with Crippen molar-refractivity contribution in [1.82, 2.24) is 15.1 Å². The number of aromatic nitrogens is 2. The molecule has 76 valence electrons. The summed E-state index contributed by atoms with van der Waals surface area (Å²) in [6.07, 6.45) is 6.43. The predicted molar refractivity (Wildman–Crippen MR) is 53.1 cm³/mol. The summed E-state index contributed by atoms with van der Waals surface area (Å²) in [7, 11) is 0. The van der Waals surface area contributed by atoms with Crippen molar-refractivity contribution in [1.29, 1.82) is 0 Å². The third kappa shape index (κ3) is 1.93. The van der Waals surface area contributed by atoms with Gasteiger partial charge in [0, 0.05) is 6.20 Å². The van der Waals surface area contributed by atoms with Crippen LogP contribution >= 0.6 is 0 Å². The maximum atomic E-state index is 10.2. The van der Waals surface area contributed by atoms with Gasteiger partial charge in [0.2, 0.25) is 6.41 Å². The molecule has 0 aliphatic carbocycles. The average Bonchev–Trinajstić information content (AvgIpc) is 2.68. The molecule has 0 radical (unpaired) electrons. The van der Waals surface area contributed by atoms with Gasteiger partial charge in [-0.05, 0) is 25.9 Å². The number of carbonyl (C=O) groups is 1. The first-order valence-electron chi connectivity index (χ1n) is 4.85. The number of rotatable bonds is 3. The Bertz CT molecular complexity index is 304. The Kier molecular flexibility index (Phi) is 2.78. The fourth-order valence-electron chi connectivity index (χ4n) is 1.75. The number of anilines is 1. The molecule has 2 heterocycles. The Balaban J connectivity index is 2.03. The van der Waals surface area contributed by atoms with Gasteiger partial charge in [0.15, 0.2) is 0 Å². The quantitative estimate of drug-likeness (QED) is 0.684. The van der Waals surface area contributed by atoms with E-state index in [2.05, 4.69) is 15.7 Å². The molecular formula is C9H14N4O. The van der Waals surface area contributed by atoms with Crippen molar-refractivity contribution in [2.24, 2.45) is 0 Å². The topological polar surface area (TPSA) is 59.0 Å². The summed E-state index contributed by atoms with van der Waals surface area (Å²) in [5.74, 6) is 0. The first-order valence-corrected chi connectivity index (χ1v) is 4.85. The minimum Gasteiger partial charge on any atom is -0.326 e. The molecule has 1 saturated heterocycles. The van der Waals surface area contributed by atoms with Crippen LogP contribution in [0.25, 0.3) is 0 Å². The summed E-state index contributed by atoms with van der Waals surface area (Å²) >= 11 is 0. The van der Waals surface area contributed by atoms with Crippen LogP contribution in [0.4, 0.5) is 5.69 Å². The first kappa shape index (κ1) is 9.21. The van der Waals surface area contributed by atoms with Gasteiger partial charge in [-0.3, -0.25) is 9.48 Å². The van der Waals surface area contributed by atoms with Gasteiger partial charge >= 0.3 is 0 Å². The van der Waals surface area contributed by atoms with E-state index in [-0.39, 0.29) is 0 Å². The highest BCUT2D eigenvalue weighted by Gasteiger charge is 2.15. The molecule has 0 saturated carbocycles. The largest absolute Gasteiger partial charge is 0.326 e. The maximum Gasteiger partial charge on any atom is 0.211 e. The zero-order chi connectivity index (χ0) is 9.80. The average molecular weight is 194 g/mol. The lowest BCUT2D eigenvalue weighted by Gasteiger charge is -2.22. The normalized spacial score (nSPS) is 18.0. The number of nitrogens with one attached hydrogen (secondary N) is 2. The van der Waals surface area contributed by atoms with E-state index in [1.165, 1.54) is 0 Å². The van der Waals surface area contributed by atoms with Crippen molar-refractivity contribution in [3.63, 3.8) is 0 Å². The van der Waals surface area contributed by atoms with Gasteiger partial charge in [-0.15, -0.1) is 0 Å². The lowest BCUT2D eigenvalue weighted by atomic mass is 10.1. The SMILES string of the molecule is O=CNc1cnn(C2CCNCC2)c1. The third-order valence-corrected chi connectivity index (χ3v) is 2.51. The number of hydrogen-bond acceptors (Lipinski definition) is 3. The van der Waals surface area contributed by atoms with Gasteiger partial charge in [-0.2, -0.15) is 5.10 Å². The summed E-state index contributed by atoms with van der Waals surface area (Å²) in [4.78, 5) is 10.2. The molecule has 0 aromatic carbocycles. The highest BCUT2D eigenvalue weighted by atomic mass is 16.1. The zero-order valence-electron chi connectivity index (χ0n) is 7.94. The Morgan fingerprint density at radius 1 is 1.57 bits per heavy atom. The highest BCUT2D eigenvalue weighted by Crippen LogP contribution is 2.18. The molecule has 1 fully saturated rings. The lowest BCUT2D eigenvalue weighted by Crippen LogP contribution is -2.29. The van der Waals surface area contributed by atoms with Crippen molar-refractivity contribution in [2.45, 2.75) is 18.9 Å². The van der Waals surface area contributed by atoms with Crippen LogP contribution in [0.1, 0.15) is 18.9 Å². The molecule has 0 atom stereocenters.